The SMILES string of the molecule is O[C@@H]1CCN(CCCC2(c3ccccc3)OCCO2)C1. The zero-order valence-electron chi connectivity index (χ0n) is 11.8. The summed E-state index contributed by atoms with van der Waals surface area (Å²) in [5.41, 5.74) is 1.11. The third-order valence-corrected chi connectivity index (χ3v) is 4.20. The molecule has 0 spiro atoms. The number of benzene rings is 1. The average Bonchev–Trinajstić information content (AvgIpc) is 3.10. The van der Waals surface area contributed by atoms with Gasteiger partial charge in [0, 0.05) is 25.1 Å². The van der Waals surface area contributed by atoms with E-state index in [4.69, 9.17) is 9.47 Å². The molecule has 1 aromatic rings. The van der Waals surface area contributed by atoms with Crippen molar-refractivity contribution in [3.63, 3.8) is 0 Å². The summed E-state index contributed by atoms with van der Waals surface area (Å²) in [6.07, 6.45) is 2.64. The van der Waals surface area contributed by atoms with Crippen molar-refractivity contribution in [2.45, 2.75) is 31.2 Å². The van der Waals surface area contributed by atoms with Gasteiger partial charge in [0.15, 0.2) is 5.79 Å². The van der Waals surface area contributed by atoms with Crippen LogP contribution in [0.2, 0.25) is 0 Å². The van der Waals surface area contributed by atoms with Gasteiger partial charge in [-0.15, -0.1) is 0 Å². The maximum absolute atomic E-state index is 9.55. The number of ether oxygens (including phenoxy) is 2. The highest BCUT2D eigenvalue weighted by atomic mass is 16.7. The van der Waals surface area contributed by atoms with Crippen molar-refractivity contribution in [1.29, 1.82) is 0 Å². The first-order valence-corrected chi connectivity index (χ1v) is 7.52. The molecule has 0 saturated carbocycles. The van der Waals surface area contributed by atoms with Gasteiger partial charge in [0.1, 0.15) is 0 Å². The minimum absolute atomic E-state index is 0.142. The van der Waals surface area contributed by atoms with Crippen molar-refractivity contribution in [1.82, 2.24) is 4.90 Å². The minimum Gasteiger partial charge on any atom is -0.392 e. The Bertz CT molecular complexity index is 417. The lowest BCUT2D eigenvalue weighted by Crippen LogP contribution is -2.30. The molecule has 1 N–H and O–H groups in total. The molecule has 0 amide bonds. The van der Waals surface area contributed by atoms with E-state index in [1.807, 2.05) is 18.2 Å². The van der Waals surface area contributed by atoms with Gasteiger partial charge in [0.05, 0.1) is 19.3 Å². The van der Waals surface area contributed by atoms with Crippen molar-refractivity contribution < 1.29 is 14.6 Å². The van der Waals surface area contributed by atoms with Crippen LogP contribution >= 0.6 is 0 Å². The van der Waals surface area contributed by atoms with E-state index in [9.17, 15) is 5.11 Å². The summed E-state index contributed by atoms with van der Waals surface area (Å²) >= 11 is 0. The second-order valence-electron chi connectivity index (χ2n) is 5.66. The van der Waals surface area contributed by atoms with E-state index in [2.05, 4.69) is 17.0 Å². The van der Waals surface area contributed by atoms with E-state index in [-0.39, 0.29) is 6.10 Å². The highest BCUT2D eigenvalue weighted by Gasteiger charge is 2.38. The Morgan fingerprint density at radius 1 is 1.20 bits per heavy atom. The molecule has 2 saturated heterocycles. The van der Waals surface area contributed by atoms with Gasteiger partial charge >= 0.3 is 0 Å². The molecule has 4 heteroatoms. The summed E-state index contributed by atoms with van der Waals surface area (Å²) < 4.78 is 11.8. The van der Waals surface area contributed by atoms with Crippen molar-refractivity contribution in [3.8, 4) is 0 Å². The van der Waals surface area contributed by atoms with Gasteiger partial charge in [-0.25, -0.2) is 0 Å². The maximum atomic E-state index is 9.55. The molecule has 20 heavy (non-hydrogen) atoms. The van der Waals surface area contributed by atoms with Crippen LogP contribution in [0.15, 0.2) is 30.3 Å². The summed E-state index contributed by atoms with van der Waals surface area (Å²) in [6, 6.07) is 10.2. The van der Waals surface area contributed by atoms with Gasteiger partial charge in [-0.2, -0.15) is 0 Å². The fourth-order valence-corrected chi connectivity index (χ4v) is 3.15. The molecule has 3 rings (SSSR count). The number of hydrogen-bond acceptors (Lipinski definition) is 4. The van der Waals surface area contributed by atoms with E-state index >= 15 is 0 Å². The largest absolute Gasteiger partial charge is 0.392 e. The van der Waals surface area contributed by atoms with E-state index in [0.29, 0.717) is 13.2 Å². The van der Waals surface area contributed by atoms with Crippen LogP contribution in [0, 0.1) is 0 Å². The Morgan fingerprint density at radius 3 is 2.60 bits per heavy atom. The molecule has 2 heterocycles. The number of nitrogens with zero attached hydrogens (tertiary/aromatic N) is 1. The lowest BCUT2D eigenvalue weighted by atomic mass is 10.0. The summed E-state index contributed by atoms with van der Waals surface area (Å²) in [6.45, 7) is 4.13. The molecule has 2 fully saturated rings. The van der Waals surface area contributed by atoms with Gasteiger partial charge in [-0.1, -0.05) is 30.3 Å². The zero-order chi connectivity index (χ0) is 13.8. The molecule has 1 atom stereocenters. The lowest BCUT2D eigenvalue weighted by molar-refractivity contribution is -0.172. The number of aliphatic hydroxyl groups excluding tert-OH is 1. The zero-order valence-corrected chi connectivity index (χ0v) is 11.8. The first-order chi connectivity index (χ1) is 9.78. The van der Waals surface area contributed by atoms with Crippen LogP contribution in [0.1, 0.15) is 24.8 Å². The Hall–Kier alpha value is -0.940. The topological polar surface area (TPSA) is 41.9 Å². The third-order valence-electron chi connectivity index (χ3n) is 4.20. The van der Waals surface area contributed by atoms with Crippen molar-refractivity contribution in [2.24, 2.45) is 0 Å². The van der Waals surface area contributed by atoms with E-state index in [0.717, 1.165) is 44.5 Å². The van der Waals surface area contributed by atoms with E-state index in [1.165, 1.54) is 0 Å². The van der Waals surface area contributed by atoms with Crippen molar-refractivity contribution in [3.05, 3.63) is 35.9 Å². The highest BCUT2D eigenvalue weighted by Crippen LogP contribution is 2.35. The first-order valence-electron chi connectivity index (χ1n) is 7.52. The molecular weight excluding hydrogens is 254 g/mol. The number of aliphatic hydroxyl groups is 1. The fraction of sp³-hybridized carbons (Fsp3) is 0.625. The highest BCUT2D eigenvalue weighted by molar-refractivity contribution is 5.21. The van der Waals surface area contributed by atoms with Gasteiger partial charge in [-0.05, 0) is 19.4 Å². The normalized spacial score (nSPS) is 26.1. The third kappa shape index (κ3) is 3.04. The predicted molar refractivity (Wildman–Crippen MR) is 76.3 cm³/mol. The molecule has 110 valence electrons. The lowest BCUT2D eigenvalue weighted by Gasteiger charge is -2.28. The summed E-state index contributed by atoms with van der Waals surface area (Å²) in [4.78, 5) is 2.32. The Kier molecular flexibility index (Phi) is 4.36. The van der Waals surface area contributed by atoms with Crippen LogP contribution in [0.4, 0.5) is 0 Å². The van der Waals surface area contributed by atoms with Crippen LogP contribution in [0.5, 0.6) is 0 Å². The first kappa shape index (κ1) is 14.0. The van der Waals surface area contributed by atoms with Crippen LogP contribution in [-0.2, 0) is 15.3 Å². The quantitative estimate of drug-likeness (QED) is 0.890. The number of likely N-dealkylation sites (tertiary alicyclic amines) is 1. The minimum atomic E-state index is -0.556. The molecule has 2 aliphatic heterocycles. The number of hydrogen-bond donors (Lipinski definition) is 1. The monoisotopic (exact) mass is 277 g/mol. The molecule has 0 aliphatic carbocycles. The van der Waals surface area contributed by atoms with Gasteiger partial charge in [0.2, 0.25) is 0 Å². The Balaban J connectivity index is 1.58. The summed E-state index contributed by atoms with van der Waals surface area (Å²) in [5.74, 6) is -0.556. The van der Waals surface area contributed by atoms with E-state index in [1.54, 1.807) is 0 Å². The summed E-state index contributed by atoms with van der Waals surface area (Å²) in [5, 5.41) is 9.55. The van der Waals surface area contributed by atoms with Crippen LogP contribution in [0.3, 0.4) is 0 Å². The summed E-state index contributed by atoms with van der Waals surface area (Å²) in [7, 11) is 0. The van der Waals surface area contributed by atoms with Gasteiger partial charge in [0.25, 0.3) is 0 Å². The van der Waals surface area contributed by atoms with Gasteiger partial charge in [-0.3, -0.25) is 0 Å². The van der Waals surface area contributed by atoms with E-state index < -0.39 is 5.79 Å². The fourth-order valence-electron chi connectivity index (χ4n) is 3.15. The number of β-amino-alcohol motifs (C(OH)–C–C–N with tert-alkyl or cyclic N) is 1. The smallest absolute Gasteiger partial charge is 0.195 e. The maximum Gasteiger partial charge on any atom is 0.195 e. The Morgan fingerprint density at radius 2 is 1.95 bits per heavy atom. The molecule has 0 bridgehead atoms. The molecule has 0 aromatic heterocycles. The predicted octanol–water partition coefficient (Wildman–Crippen LogP) is 1.73. The van der Waals surface area contributed by atoms with Crippen molar-refractivity contribution in [2.75, 3.05) is 32.8 Å². The molecule has 0 radical (unpaired) electrons. The standard InChI is InChI=1S/C16H23NO3/c18-15-7-10-17(13-15)9-4-8-16(19-11-12-20-16)14-5-2-1-3-6-14/h1-3,5-6,15,18H,4,7-13H2/t15-/m1/s1. The molecular formula is C16H23NO3. The number of rotatable bonds is 5. The van der Waals surface area contributed by atoms with Crippen molar-refractivity contribution >= 4 is 0 Å². The van der Waals surface area contributed by atoms with Crippen LogP contribution in [0.25, 0.3) is 0 Å². The van der Waals surface area contributed by atoms with Crippen LogP contribution in [-0.4, -0.2) is 49.0 Å². The second-order valence-corrected chi connectivity index (χ2v) is 5.66. The van der Waals surface area contributed by atoms with Crippen LogP contribution < -0.4 is 0 Å². The Labute approximate surface area is 120 Å². The molecule has 1 aromatic carbocycles. The van der Waals surface area contributed by atoms with Gasteiger partial charge < -0.3 is 19.5 Å². The molecule has 4 nitrogen and oxygen atoms in total. The average molecular weight is 277 g/mol. The molecule has 2 aliphatic rings. The second kappa shape index (κ2) is 6.22. The molecule has 0 unspecified atom stereocenters.